The molecule has 4 N–H and O–H groups in total. The molecule has 0 saturated heterocycles. The van der Waals surface area contributed by atoms with Crippen LogP contribution in [-0.4, -0.2) is 85.6 Å². The standard InChI is InChI=1S/C10H21N2O4P.C7H13NO2.C4H12NO2P.CH2O.2Na/c1-17(15,16)8-11-7-12(14)10(13)9-5-3-2-4-6-9;9-7(8-10)6-4-2-1-3-5-6;1-5(2)4-8(3,6)7;1-2;;/h9,11,14H,2-8H2,1H3,(H,15,16);6,10H,1-5H2,(H,8,9);4H2,1-3H3,(H,6,7);1H2;;/q;;;;2*+1/p-2. The van der Waals surface area contributed by atoms with E-state index in [9.17, 15) is 33.7 Å². The summed E-state index contributed by atoms with van der Waals surface area (Å²) < 4.78 is 21.3. The van der Waals surface area contributed by atoms with Crippen LogP contribution in [-0.2, 0) is 23.5 Å². The Morgan fingerprint density at radius 2 is 1.28 bits per heavy atom. The number of hydrogen-bond acceptors (Lipinski definition) is 11. The molecule has 17 heteroatoms. The van der Waals surface area contributed by atoms with E-state index in [2.05, 4.69) is 5.32 Å². The molecule has 2 unspecified atom stereocenters. The zero-order valence-electron chi connectivity index (χ0n) is 24.6. The van der Waals surface area contributed by atoms with Gasteiger partial charge in [-0.3, -0.25) is 25.3 Å². The average Bonchev–Trinajstić information content (AvgIpc) is 2.84. The molecule has 0 radical (unpaired) electrons. The quantitative estimate of drug-likeness (QED) is 0.0669. The molecule has 0 aromatic heterocycles. The predicted molar refractivity (Wildman–Crippen MR) is 137 cm³/mol. The van der Waals surface area contributed by atoms with Gasteiger partial charge in [-0.15, -0.1) is 0 Å². The van der Waals surface area contributed by atoms with Crippen molar-refractivity contribution in [1.82, 2.24) is 20.8 Å². The van der Waals surface area contributed by atoms with Crippen LogP contribution in [0.2, 0.25) is 0 Å². The van der Waals surface area contributed by atoms with Crippen LogP contribution in [0.5, 0.6) is 0 Å². The number of rotatable bonds is 8. The van der Waals surface area contributed by atoms with E-state index in [-0.39, 0.29) is 102 Å². The summed E-state index contributed by atoms with van der Waals surface area (Å²) in [6.45, 7) is 4.22. The fourth-order valence-electron chi connectivity index (χ4n) is 3.97. The summed E-state index contributed by atoms with van der Waals surface area (Å²) in [6, 6.07) is 0. The van der Waals surface area contributed by atoms with Crippen molar-refractivity contribution < 1.29 is 103 Å². The first kappa shape index (κ1) is 46.8. The van der Waals surface area contributed by atoms with Gasteiger partial charge in [-0.05, 0) is 53.1 Å². The number of nitrogens with one attached hydrogen (secondary N) is 2. The molecular formula is C22H46N4Na2O9P2. The first-order valence-corrected chi connectivity index (χ1v) is 16.8. The van der Waals surface area contributed by atoms with Crippen LogP contribution in [0.25, 0.3) is 0 Å². The Bertz CT molecular complexity index is 730. The van der Waals surface area contributed by atoms with Crippen molar-refractivity contribution in [3.05, 3.63) is 0 Å². The molecule has 2 atom stereocenters. The molecule has 0 aliphatic heterocycles. The summed E-state index contributed by atoms with van der Waals surface area (Å²) in [5.41, 5.74) is 1.70. The van der Waals surface area contributed by atoms with Crippen LogP contribution in [0.3, 0.4) is 0 Å². The summed E-state index contributed by atoms with van der Waals surface area (Å²) >= 11 is 0. The first-order valence-electron chi connectivity index (χ1n) is 12.3. The third-order valence-electron chi connectivity index (χ3n) is 5.50. The fourth-order valence-corrected chi connectivity index (χ4v) is 5.50. The van der Waals surface area contributed by atoms with Gasteiger partial charge in [0.05, 0.1) is 6.67 Å². The summed E-state index contributed by atoms with van der Waals surface area (Å²) in [4.78, 5) is 53.5. The Kier molecular flexibility index (Phi) is 31.7. The number of hydroxylamine groups is 3. The van der Waals surface area contributed by atoms with E-state index < -0.39 is 14.7 Å². The Hall–Kier alpha value is 0.830. The maximum atomic E-state index is 11.7. The van der Waals surface area contributed by atoms with Crippen molar-refractivity contribution in [1.29, 1.82) is 0 Å². The normalized spacial score (nSPS) is 18.3. The maximum absolute atomic E-state index is 11.7. The molecule has 2 rings (SSSR count). The minimum absolute atomic E-state index is 0. The third-order valence-corrected chi connectivity index (χ3v) is 7.37. The van der Waals surface area contributed by atoms with Crippen molar-refractivity contribution in [2.45, 2.75) is 64.2 Å². The van der Waals surface area contributed by atoms with Gasteiger partial charge in [0.1, 0.15) is 6.79 Å². The number of carbonyl (C=O) groups excluding carboxylic acids is 3. The molecule has 0 aromatic carbocycles. The van der Waals surface area contributed by atoms with Crippen molar-refractivity contribution in [2.24, 2.45) is 11.8 Å². The van der Waals surface area contributed by atoms with Gasteiger partial charge in [0.15, 0.2) is 0 Å². The Morgan fingerprint density at radius 3 is 1.59 bits per heavy atom. The van der Waals surface area contributed by atoms with Crippen molar-refractivity contribution in [3.63, 3.8) is 0 Å². The molecule has 2 saturated carbocycles. The van der Waals surface area contributed by atoms with E-state index in [1.165, 1.54) is 13.1 Å². The smallest absolute Gasteiger partial charge is 0.799 e. The number of hydrogen-bond donors (Lipinski definition) is 4. The molecular weight excluding hydrogens is 572 g/mol. The van der Waals surface area contributed by atoms with Gasteiger partial charge in [-0.2, -0.15) is 0 Å². The van der Waals surface area contributed by atoms with Crippen LogP contribution in [0, 0.1) is 11.8 Å². The zero-order chi connectivity index (χ0) is 29.1. The minimum Gasteiger partial charge on any atom is -0.799 e. The van der Waals surface area contributed by atoms with Crippen molar-refractivity contribution in [3.8, 4) is 0 Å². The minimum atomic E-state index is -3.39. The van der Waals surface area contributed by atoms with E-state index in [0.29, 0.717) is 5.06 Å². The van der Waals surface area contributed by atoms with Gasteiger partial charge in [0, 0.05) is 39.1 Å². The monoisotopic (exact) mass is 618 g/mol. The molecule has 2 aliphatic rings. The first-order chi connectivity index (χ1) is 17.2. The summed E-state index contributed by atoms with van der Waals surface area (Å²) in [6.07, 6.45) is 10.1. The van der Waals surface area contributed by atoms with Gasteiger partial charge < -0.3 is 28.6 Å². The Labute approximate surface area is 277 Å². The second-order valence-corrected chi connectivity index (χ2v) is 14.4. The molecule has 13 nitrogen and oxygen atoms in total. The molecule has 0 bridgehead atoms. The second kappa shape index (κ2) is 26.5. The van der Waals surface area contributed by atoms with Crippen LogP contribution in [0.4, 0.5) is 0 Å². The summed E-state index contributed by atoms with van der Waals surface area (Å²) in [5, 5.41) is 20.9. The third kappa shape index (κ3) is 28.7. The predicted octanol–water partition coefficient (Wildman–Crippen LogP) is -4.77. The van der Waals surface area contributed by atoms with E-state index >= 15 is 0 Å². The maximum Gasteiger partial charge on any atom is 1.00 e. The van der Waals surface area contributed by atoms with Gasteiger partial charge in [0.2, 0.25) is 11.8 Å². The number of nitrogens with zero attached hydrogens (tertiary/aromatic N) is 2. The van der Waals surface area contributed by atoms with Crippen LogP contribution in [0.15, 0.2) is 0 Å². The topological polar surface area (TPSA) is 202 Å². The van der Waals surface area contributed by atoms with Gasteiger partial charge in [-0.1, -0.05) is 38.5 Å². The van der Waals surface area contributed by atoms with Crippen molar-refractivity contribution in [2.75, 3.05) is 46.7 Å². The van der Waals surface area contributed by atoms with Gasteiger partial charge >= 0.3 is 59.1 Å². The zero-order valence-corrected chi connectivity index (χ0v) is 30.4. The van der Waals surface area contributed by atoms with Crippen LogP contribution in [0.1, 0.15) is 64.2 Å². The Morgan fingerprint density at radius 1 is 0.872 bits per heavy atom. The SMILES string of the molecule is C=O.CN(C)CP(C)(=O)[O-].CP(=O)([O-])CNCN(O)C(=O)C1CCCCC1.O=C(NO)C1CCCCC1.[Na+].[Na+]. The largest absolute Gasteiger partial charge is 1.00 e. The van der Waals surface area contributed by atoms with Crippen LogP contribution < -0.4 is 79.7 Å². The molecule has 2 fully saturated rings. The molecule has 0 aromatic rings. The van der Waals surface area contributed by atoms with Gasteiger partial charge in [0.25, 0.3) is 0 Å². The average molecular weight is 619 g/mol. The number of carbonyl (C=O) groups is 3. The second-order valence-electron chi connectivity index (χ2n) is 9.70. The number of amides is 2. The van der Waals surface area contributed by atoms with E-state index in [1.54, 1.807) is 24.5 Å². The summed E-state index contributed by atoms with van der Waals surface area (Å²) in [5.74, 6) is -0.566. The fraction of sp³-hybridized carbons (Fsp3) is 0.864. The molecule has 39 heavy (non-hydrogen) atoms. The molecule has 0 spiro atoms. The Balaban J connectivity index is -0.000000240. The van der Waals surface area contributed by atoms with E-state index in [0.717, 1.165) is 64.5 Å². The molecule has 2 aliphatic carbocycles. The summed E-state index contributed by atoms with van der Waals surface area (Å²) in [7, 11) is -2.98. The van der Waals surface area contributed by atoms with E-state index in [1.807, 2.05) is 6.79 Å². The van der Waals surface area contributed by atoms with Crippen molar-refractivity contribution >= 4 is 33.3 Å². The van der Waals surface area contributed by atoms with E-state index in [4.69, 9.17) is 10.0 Å². The molecule has 2 amide bonds. The van der Waals surface area contributed by atoms with Crippen LogP contribution >= 0.6 is 14.7 Å². The molecule has 220 valence electrons. The molecule has 0 heterocycles. The van der Waals surface area contributed by atoms with Gasteiger partial charge in [-0.25, -0.2) is 10.5 Å².